The standard InChI is InChI=1S/C20H18ClN3O3/c1-2-26-17-8-6-13(7-9-17)19-22-20(27-23-19)14-10-18(25)24(12-14)16-5-3-4-15(21)11-16/h3-9,11,14H,2,10,12H2,1H3/t14-/m1/s1. The number of anilines is 1. The van der Waals surface area contributed by atoms with E-state index in [1.807, 2.05) is 43.3 Å². The maximum absolute atomic E-state index is 12.4. The van der Waals surface area contributed by atoms with Crippen LogP contribution in [-0.4, -0.2) is 29.2 Å². The minimum atomic E-state index is -0.138. The zero-order chi connectivity index (χ0) is 18.8. The lowest BCUT2D eigenvalue weighted by molar-refractivity contribution is -0.117. The van der Waals surface area contributed by atoms with Crippen molar-refractivity contribution in [3.8, 4) is 17.1 Å². The molecule has 0 radical (unpaired) electrons. The third kappa shape index (κ3) is 3.66. The maximum Gasteiger partial charge on any atom is 0.232 e. The molecule has 1 aliphatic heterocycles. The summed E-state index contributed by atoms with van der Waals surface area (Å²) in [6.07, 6.45) is 0.331. The van der Waals surface area contributed by atoms with Gasteiger partial charge in [-0.1, -0.05) is 22.8 Å². The fourth-order valence-corrected chi connectivity index (χ4v) is 3.34. The van der Waals surface area contributed by atoms with Crippen LogP contribution in [0, 0.1) is 0 Å². The molecule has 7 heteroatoms. The van der Waals surface area contributed by atoms with Crippen molar-refractivity contribution in [1.29, 1.82) is 0 Å². The number of hydrogen-bond donors (Lipinski definition) is 0. The van der Waals surface area contributed by atoms with E-state index in [1.54, 1.807) is 17.0 Å². The van der Waals surface area contributed by atoms with Gasteiger partial charge in [-0.3, -0.25) is 4.79 Å². The largest absolute Gasteiger partial charge is 0.494 e. The van der Waals surface area contributed by atoms with E-state index in [0.29, 0.717) is 36.3 Å². The predicted octanol–water partition coefficient (Wildman–Crippen LogP) is 4.31. The second-order valence-electron chi connectivity index (χ2n) is 6.30. The van der Waals surface area contributed by atoms with Crippen molar-refractivity contribution in [1.82, 2.24) is 10.1 Å². The van der Waals surface area contributed by atoms with Crippen LogP contribution in [0.5, 0.6) is 5.75 Å². The summed E-state index contributed by atoms with van der Waals surface area (Å²) in [6.45, 7) is 3.05. The van der Waals surface area contributed by atoms with Crippen LogP contribution in [0.1, 0.15) is 25.2 Å². The second kappa shape index (κ2) is 7.40. The number of benzene rings is 2. The van der Waals surface area contributed by atoms with E-state index >= 15 is 0 Å². The van der Waals surface area contributed by atoms with E-state index in [1.165, 1.54) is 0 Å². The van der Waals surface area contributed by atoms with Crippen molar-refractivity contribution >= 4 is 23.2 Å². The summed E-state index contributed by atoms with van der Waals surface area (Å²) in [6, 6.07) is 14.8. The molecule has 0 aliphatic carbocycles. The highest BCUT2D eigenvalue weighted by Crippen LogP contribution is 2.33. The zero-order valence-corrected chi connectivity index (χ0v) is 15.5. The van der Waals surface area contributed by atoms with Crippen LogP contribution in [0.4, 0.5) is 5.69 Å². The van der Waals surface area contributed by atoms with Crippen molar-refractivity contribution < 1.29 is 14.1 Å². The van der Waals surface area contributed by atoms with Gasteiger partial charge in [0.2, 0.25) is 17.6 Å². The van der Waals surface area contributed by atoms with E-state index in [9.17, 15) is 4.79 Å². The summed E-state index contributed by atoms with van der Waals surface area (Å²) in [4.78, 5) is 18.6. The van der Waals surface area contributed by atoms with Crippen LogP contribution < -0.4 is 9.64 Å². The molecule has 0 spiro atoms. The lowest BCUT2D eigenvalue weighted by Gasteiger charge is -2.16. The van der Waals surface area contributed by atoms with Crippen LogP contribution in [0.25, 0.3) is 11.4 Å². The molecule has 1 fully saturated rings. The molecule has 3 aromatic rings. The Bertz CT molecular complexity index is 955. The number of aromatic nitrogens is 2. The van der Waals surface area contributed by atoms with E-state index in [-0.39, 0.29) is 11.8 Å². The second-order valence-corrected chi connectivity index (χ2v) is 6.74. The van der Waals surface area contributed by atoms with Crippen LogP contribution in [-0.2, 0) is 4.79 Å². The first kappa shape index (κ1) is 17.5. The molecule has 1 amide bonds. The fourth-order valence-electron chi connectivity index (χ4n) is 3.15. The number of hydrogen-bond acceptors (Lipinski definition) is 5. The molecule has 138 valence electrons. The van der Waals surface area contributed by atoms with Gasteiger partial charge in [0.25, 0.3) is 0 Å². The zero-order valence-electron chi connectivity index (χ0n) is 14.8. The lowest BCUT2D eigenvalue weighted by Crippen LogP contribution is -2.24. The molecule has 4 rings (SSSR count). The lowest BCUT2D eigenvalue weighted by atomic mass is 10.1. The normalized spacial score (nSPS) is 16.7. The Hall–Kier alpha value is -2.86. The van der Waals surface area contributed by atoms with Gasteiger partial charge < -0.3 is 14.2 Å². The number of ether oxygens (including phenoxy) is 1. The van der Waals surface area contributed by atoms with E-state index in [4.69, 9.17) is 20.9 Å². The molecule has 0 unspecified atom stereocenters. The Labute approximate surface area is 161 Å². The quantitative estimate of drug-likeness (QED) is 0.656. The SMILES string of the molecule is CCOc1ccc(-c2noc([C@@H]3CC(=O)N(c4cccc(Cl)c4)C3)n2)cc1. The highest BCUT2D eigenvalue weighted by Gasteiger charge is 2.35. The van der Waals surface area contributed by atoms with Gasteiger partial charge >= 0.3 is 0 Å². The third-order valence-corrected chi connectivity index (χ3v) is 4.69. The molecule has 1 atom stereocenters. The molecular weight excluding hydrogens is 366 g/mol. The van der Waals surface area contributed by atoms with Gasteiger partial charge in [-0.25, -0.2) is 0 Å². The minimum absolute atomic E-state index is 0.0167. The summed E-state index contributed by atoms with van der Waals surface area (Å²) < 4.78 is 10.9. The van der Waals surface area contributed by atoms with Gasteiger partial charge in [0, 0.05) is 29.2 Å². The fraction of sp³-hybridized carbons (Fsp3) is 0.250. The van der Waals surface area contributed by atoms with Crippen molar-refractivity contribution in [3.63, 3.8) is 0 Å². The first-order chi connectivity index (χ1) is 13.1. The number of carbonyl (C=O) groups is 1. The van der Waals surface area contributed by atoms with Crippen molar-refractivity contribution in [2.24, 2.45) is 0 Å². The third-order valence-electron chi connectivity index (χ3n) is 4.46. The van der Waals surface area contributed by atoms with Crippen LogP contribution >= 0.6 is 11.6 Å². The minimum Gasteiger partial charge on any atom is -0.494 e. The predicted molar refractivity (Wildman–Crippen MR) is 102 cm³/mol. The van der Waals surface area contributed by atoms with Crippen LogP contribution in [0.3, 0.4) is 0 Å². The molecule has 6 nitrogen and oxygen atoms in total. The van der Waals surface area contributed by atoms with Gasteiger partial charge in [-0.05, 0) is 49.4 Å². The smallest absolute Gasteiger partial charge is 0.232 e. The average Bonchev–Trinajstić information content (AvgIpc) is 3.29. The van der Waals surface area contributed by atoms with Gasteiger partial charge in [-0.15, -0.1) is 0 Å². The topological polar surface area (TPSA) is 68.5 Å². The Morgan fingerprint density at radius 1 is 1.26 bits per heavy atom. The summed E-state index contributed by atoms with van der Waals surface area (Å²) in [7, 11) is 0. The van der Waals surface area contributed by atoms with Gasteiger partial charge in [0.05, 0.1) is 12.5 Å². The molecule has 1 aromatic heterocycles. The Morgan fingerprint density at radius 3 is 2.81 bits per heavy atom. The highest BCUT2D eigenvalue weighted by molar-refractivity contribution is 6.30. The van der Waals surface area contributed by atoms with Crippen molar-refractivity contribution in [3.05, 3.63) is 59.4 Å². The molecule has 0 saturated carbocycles. The summed E-state index contributed by atoms with van der Waals surface area (Å²) >= 11 is 6.04. The van der Waals surface area contributed by atoms with Gasteiger partial charge in [0.1, 0.15) is 5.75 Å². The van der Waals surface area contributed by atoms with Gasteiger partial charge in [-0.2, -0.15) is 4.98 Å². The Kier molecular flexibility index (Phi) is 4.81. The monoisotopic (exact) mass is 383 g/mol. The van der Waals surface area contributed by atoms with E-state index < -0.39 is 0 Å². The molecule has 2 heterocycles. The summed E-state index contributed by atoms with van der Waals surface area (Å²) in [5, 5.41) is 4.66. The van der Waals surface area contributed by atoms with E-state index in [0.717, 1.165) is 17.0 Å². The first-order valence-electron chi connectivity index (χ1n) is 8.77. The van der Waals surface area contributed by atoms with Crippen molar-refractivity contribution in [2.45, 2.75) is 19.3 Å². The molecule has 0 N–H and O–H groups in total. The molecule has 1 saturated heterocycles. The van der Waals surface area contributed by atoms with Gasteiger partial charge in [0.15, 0.2) is 0 Å². The number of carbonyl (C=O) groups excluding carboxylic acids is 1. The van der Waals surface area contributed by atoms with Crippen molar-refractivity contribution in [2.75, 3.05) is 18.1 Å². The summed E-state index contributed by atoms with van der Waals surface area (Å²) in [5.74, 6) is 1.64. The average molecular weight is 384 g/mol. The molecule has 2 aromatic carbocycles. The highest BCUT2D eigenvalue weighted by atomic mass is 35.5. The Balaban J connectivity index is 1.51. The Morgan fingerprint density at radius 2 is 2.07 bits per heavy atom. The van der Waals surface area contributed by atoms with E-state index in [2.05, 4.69) is 10.1 Å². The first-order valence-corrected chi connectivity index (χ1v) is 9.14. The van der Waals surface area contributed by atoms with Crippen LogP contribution in [0.2, 0.25) is 5.02 Å². The molecule has 27 heavy (non-hydrogen) atoms. The maximum atomic E-state index is 12.4. The molecule has 1 aliphatic rings. The number of halogens is 1. The number of rotatable bonds is 5. The number of amides is 1. The molecule has 0 bridgehead atoms. The summed E-state index contributed by atoms with van der Waals surface area (Å²) in [5.41, 5.74) is 1.62. The number of nitrogens with zero attached hydrogens (tertiary/aromatic N) is 3. The van der Waals surface area contributed by atoms with Crippen LogP contribution in [0.15, 0.2) is 53.1 Å². The molecular formula is C20H18ClN3O3.